The summed E-state index contributed by atoms with van der Waals surface area (Å²) in [6, 6.07) is 11.6. The standard InChI is InChI=1S/C17H18N2O4S/c1-23-16-9-8-13(11-14(16)17(18)20)24(21,22)19-10-4-6-12-5-2-3-7-15(12)19/h2-3,5,7-9,11H,4,6,10H2,1H3,(H2,18,20). The summed E-state index contributed by atoms with van der Waals surface area (Å²) in [5.41, 5.74) is 7.05. The van der Waals surface area contributed by atoms with Crippen molar-refractivity contribution in [3.05, 3.63) is 53.6 Å². The van der Waals surface area contributed by atoms with Crippen LogP contribution in [0.25, 0.3) is 0 Å². The fraction of sp³-hybridized carbons (Fsp3) is 0.235. The Morgan fingerprint density at radius 2 is 1.96 bits per heavy atom. The van der Waals surface area contributed by atoms with Gasteiger partial charge in [-0.15, -0.1) is 0 Å². The maximum absolute atomic E-state index is 13.1. The second kappa shape index (κ2) is 6.16. The first-order valence-corrected chi connectivity index (χ1v) is 8.97. The smallest absolute Gasteiger partial charge is 0.264 e. The van der Waals surface area contributed by atoms with E-state index in [1.54, 1.807) is 6.07 Å². The third-order valence-corrected chi connectivity index (χ3v) is 5.90. The van der Waals surface area contributed by atoms with Crippen LogP contribution in [0.2, 0.25) is 0 Å². The van der Waals surface area contributed by atoms with Crippen molar-refractivity contribution in [1.29, 1.82) is 0 Å². The Labute approximate surface area is 140 Å². The maximum Gasteiger partial charge on any atom is 0.264 e. The molecule has 3 rings (SSSR count). The van der Waals surface area contributed by atoms with Gasteiger partial charge < -0.3 is 10.5 Å². The van der Waals surface area contributed by atoms with Crippen molar-refractivity contribution in [3.8, 4) is 5.75 Å². The number of carbonyl (C=O) groups excluding carboxylic acids is 1. The van der Waals surface area contributed by atoms with E-state index in [1.807, 2.05) is 18.2 Å². The first kappa shape index (κ1) is 16.3. The van der Waals surface area contributed by atoms with Gasteiger partial charge in [0, 0.05) is 6.54 Å². The highest BCUT2D eigenvalue weighted by Gasteiger charge is 2.29. The summed E-state index contributed by atoms with van der Waals surface area (Å²) in [7, 11) is -2.39. The van der Waals surface area contributed by atoms with E-state index in [1.165, 1.54) is 29.6 Å². The van der Waals surface area contributed by atoms with Crippen LogP contribution in [0, 0.1) is 0 Å². The lowest BCUT2D eigenvalue weighted by molar-refractivity contribution is 0.0997. The molecule has 0 saturated carbocycles. The molecule has 0 bridgehead atoms. The third kappa shape index (κ3) is 2.71. The number of anilines is 1. The molecule has 2 aromatic carbocycles. The molecular formula is C17H18N2O4S. The molecular weight excluding hydrogens is 328 g/mol. The highest BCUT2D eigenvalue weighted by atomic mass is 32.2. The molecule has 0 fully saturated rings. The Bertz CT molecular complexity index is 893. The Balaban J connectivity index is 2.10. The number of amides is 1. The van der Waals surface area contributed by atoms with Crippen LogP contribution >= 0.6 is 0 Å². The number of ether oxygens (including phenoxy) is 1. The number of hydrogen-bond acceptors (Lipinski definition) is 4. The Morgan fingerprint density at radius 1 is 1.21 bits per heavy atom. The minimum atomic E-state index is -3.79. The van der Waals surface area contributed by atoms with Crippen molar-refractivity contribution in [3.63, 3.8) is 0 Å². The zero-order valence-electron chi connectivity index (χ0n) is 13.2. The fourth-order valence-electron chi connectivity index (χ4n) is 2.92. The quantitative estimate of drug-likeness (QED) is 0.916. The predicted octanol–water partition coefficient (Wildman–Crippen LogP) is 1.94. The van der Waals surface area contributed by atoms with Crippen LogP contribution in [-0.2, 0) is 16.4 Å². The first-order chi connectivity index (χ1) is 11.4. The van der Waals surface area contributed by atoms with Crippen LogP contribution in [0.15, 0.2) is 47.4 Å². The van der Waals surface area contributed by atoms with Gasteiger partial charge in [0.25, 0.3) is 15.9 Å². The number of fused-ring (bicyclic) bond motifs is 1. The van der Waals surface area contributed by atoms with Crippen molar-refractivity contribution in [2.75, 3.05) is 18.0 Å². The summed E-state index contributed by atoms with van der Waals surface area (Å²) in [4.78, 5) is 11.6. The van der Waals surface area contributed by atoms with E-state index in [9.17, 15) is 13.2 Å². The Morgan fingerprint density at radius 3 is 2.67 bits per heavy atom. The van der Waals surface area contributed by atoms with Crippen LogP contribution < -0.4 is 14.8 Å². The van der Waals surface area contributed by atoms with E-state index in [4.69, 9.17) is 10.5 Å². The van der Waals surface area contributed by atoms with E-state index in [2.05, 4.69) is 0 Å². The Hall–Kier alpha value is -2.54. The minimum Gasteiger partial charge on any atom is -0.496 e. The van der Waals surface area contributed by atoms with Crippen molar-refractivity contribution < 1.29 is 17.9 Å². The van der Waals surface area contributed by atoms with Crippen LogP contribution in [0.3, 0.4) is 0 Å². The molecule has 1 amide bonds. The second-order valence-electron chi connectivity index (χ2n) is 5.54. The van der Waals surface area contributed by atoms with E-state index in [0.717, 1.165) is 18.4 Å². The van der Waals surface area contributed by atoms with Crippen molar-refractivity contribution >= 4 is 21.6 Å². The number of sulfonamides is 1. The van der Waals surface area contributed by atoms with E-state index in [-0.39, 0.29) is 16.2 Å². The molecule has 0 aliphatic carbocycles. The largest absolute Gasteiger partial charge is 0.496 e. The van der Waals surface area contributed by atoms with Crippen LogP contribution in [0.1, 0.15) is 22.3 Å². The monoisotopic (exact) mass is 346 g/mol. The third-order valence-electron chi connectivity index (χ3n) is 4.09. The van der Waals surface area contributed by atoms with Crippen LogP contribution in [-0.4, -0.2) is 28.0 Å². The van der Waals surface area contributed by atoms with Gasteiger partial charge in [-0.25, -0.2) is 8.42 Å². The molecule has 0 saturated heterocycles. The summed E-state index contributed by atoms with van der Waals surface area (Å²) in [5.74, 6) is -0.483. The van der Waals surface area contributed by atoms with Crippen molar-refractivity contribution in [2.24, 2.45) is 5.73 Å². The lowest BCUT2D eigenvalue weighted by atomic mass is 10.0. The topological polar surface area (TPSA) is 89.7 Å². The zero-order valence-corrected chi connectivity index (χ0v) is 14.0. The number of nitrogens with zero attached hydrogens (tertiary/aromatic N) is 1. The minimum absolute atomic E-state index is 0.0220. The van der Waals surface area contributed by atoms with Crippen molar-refractivity contribution in [1.82, 2.24) is 0 Å². The van der Waals surface area contributed by atoms with Gasteiger partial charge in [-0.2, -0.15) is 0 Å². The molecule has 0 atom stereocenters. The maximum atomic E-state index is 13.1. The number of hydrogen-bond donors (Lipinski definition) is 1. The number of primary amides is 1. The van der Waals surface area contributed by atoms with Gasteiger partial charge >= 0.3 is 0 Å². The lowest BCUT2D eigenvalue weighted by Gasteiger charge is -2.30. The molecule has 0 unspecified atom stereocenters. The number of carbonyl (C=O) groups is 1. The summed E-state index contributed by atoms with van der Waals surface area (Å²) >= 11 is 0. The van der Waals surface area contributed by atoms with Gasteiger partial charge in [0.1, 0.15) is 5.75 Å². The molecule has 126 valence electrons. The number of benzene rings is 2. The Kier molecular flexibility index (Phi) is 4.19. The highest BCUT2D eigenvalue weighted by molar-refractivity contribution is 7.92. The number of aryl methyl sites for hydroxylation is 1. The average molecular weight is 346 g/mol. The fourth-order valence-corrected chi connectivity index (χ4v) is 4.48. The van der Waals surface area contributed by atoms with E-state index in [0.29, 0.717) is 12.2 Å². The molecule has 0 aromatic heterocycles. The molecule has 0 spiro atoms. The van der Waals surface area contributed by atoms with E-state index < -0.39 is 15.9 Å². The van der Waals surface area contributed by atoms with E-state index >= 15 is 0 Å². The summed E-state index contributed by atoms with van der Waals surface area (Å²) in [6.07, 6.45) is 1.59. The molecule has 6 nitrogen and oxygen atoms in total. The average Bonchev–Trinajstić information content (AvgIpc) is 2.60. The summed E-state index contributed by atoms with van der Waals surface area (Å²) in [6.45, 7) is 0.400. The molecule has 0 radical (unpaired) electrons. The first-order valence-electron chi connectivity index (χ1n) is 7.53. The molecule has 7 heteroatoms. The highest BCUT2D eigenvalue weighted by Crippen LogP contribution is 2.33. The number of nitrogens with two attached hydrogens (primary N) is 1. The molecule has 1 aliphatic heterocycles. The van der Waals surface area contributed by atoms with Crippen molar-refractivity contribution in [2.45, 2.75) is 17.7 Å². The lowest BCUT2D eigenvalue weighted by Crippen LogP contribution is -2.35. The van der Waals surface area contributed by atoms with Gasteiger partial charge in [-0.3, -0.25) is 9.10 Å². The molecule has 24 heavy (non-hydrogen) atoms. The van der Waals surface area contributed by atoms with Gasteiger partial charge in [0.05, 0.1) is 23.3 Å². The van der Waals surface area contributed by atoms with Gasteiger partial charge in [0.15, 0.2) is 0 Å². The predicted molar refractivity (Wildman–Crippen MR) is 90.8 cm³/mol. The van der Waals surface area contributed by atoms with Crippen LogP contribution in [0.5, 0.6) is 5.75 Å². The molecule has 1 heterocycles. The van der Waals surface area contributed by atoms with Crippen LogP contribution in [0.4, 0.5) is 5.69 Å². The number of para-hydroxylation sites is 1. The van der Waals surface area contributed by atoms with Gasteiger partial charge in [-0.1, -0.05) is 18.2 Å². The molecule has 2 aromatic rings. The normalized spacial score (nSPS) is 14.1. The summed E-state index contributed by atoms with van der Waals surface area (Å²) in [5, 5.41) is 0. The van der Waals surface area contributed by atoms with Gasteiger partial charge in [0.2, 0.25) is 0 Å². The summed E-state index contributed by atoms with van der Waals surface area (Å²) < 4.78 is 32.6. The second-order valence-corrected chi connectivity index (χ2v) is 7.40. The zero-order chi connectivity index (χ0) is 17.3. The SMILES string of the molecule is COc1ccc(S(=O)(=O)N2CCCc3ccccc32)cc1C(N)=O. The molecule has 2 N–H and O–H groups in total. The number of rotatable bonds is 4. The number of methoxy groups -OCH3 is 1. The van der Waals surface area contributed by atoms with Gasteiger partial charge in [-0.05, 0) is 42.7 Å². The molecule has 1 aliphatic rings.